The highest BCUT2D eigenvalue weighted by molar-refractivity contribution is 6.09. The first-order chi connectivity index (χ1) is 16.3. The third-order valence-electron chi connectivity index (χ3n) is 6.69. The van der Waals surface area contributed by atoms with Crippen molar-refractivity contribution in [2.24, 2.45) is 15.8 Å². The lowest BCUT2D eigenvalue weighted by atomic mass is 9.88. The predicted molar refractivity (Wildman–Crippen MR) is 137 cm³/mol. The number of benzene rings is 2. The molecule has 5 rings (SSSR count). The van der Waals surface area contributed by atoms with E-state index in [-0.39, 0.29) is 23.1 Å². The van der Waals surface area contributed by atoms with Gasteiger partial charge in [0, 0.05) is 23.0 Å². The largest absolute Gasteiger partial charge is 0.367 e. The Morgan fingerprint density at radius 1 is 1.12 bits per heavy atom. The first-order valence-corrected chi connectivity index (χ1v) is 11.7. The molecule has 0 bridgehead atoms. The molecule has 4 aromatic rings. The van der Waals surface area contributed by atoms with Crippen LogP contribution >= 0.6 is 0 Å². The van der Waals surface area contributed by atoms with E-state index in [4.69, 9.17) is 4.98 Å². The van der Waals surface area contributed by atoms with Crippen molar-refractivity contribution < 1.29 is 0 Å². The Morgan fingerprint density at radius 2 is 1.91 bits per heavy atom. The zero-order valence-corrected chi connectivity index (χ0v) is 20.0. The fourth-order valence-corrected chi connectivity index (χ4v) is 4.19. The molecular weight excluding hydrogens is 424 g/mol. The molecule has 174 valence electrons. The van der Waals surface area contributed by atoms with Crippen molar-refractivity contribution in [3.63, 3.8) is 0 Å². The lowest BCUT2D eigenvalue weighted by Crippen LogP contribution is -2.31. The van der Waals surface area contributed by atoms with Gasteiger partial charge in [0.1, 0.15) is 11.9 Å². The Labute approximate surface area is 198 Å². The normalized spacial score (nSPS) is 16.9. The molecule has 0 saturated carbocycles. The van der Waals surface area contributed by atoms with E-state index in [1.54, 1.807) is 6.20 Å². The Morgan fingerprint density at radius 3 is 2.68 bits per heavy atom. The number of H-pyrrole nitrogens is 1. The molecule has 0 spiro atoms. The lowest BCUT2D eigenvalue weighted by molar-refractivity contribution is 0.301. The van der Waals surface area contributed by atoms with Crippen molar-refractivity contribution >= 4 is 27.5 Å². The zero-order chi connectivity index (χ0) is 23.9. The second-order valence-electron chi connectivity index (χ2n) is 10.1. The van der Waals surface area contributed by atoms with Crippen LogP contribution < -0.4 is 10.9 Å². The number of pyridine rings is 2. The average Bonchev–Trinajstić information content (AvgIpc) is 3.27. The number of hydrogen-bond donors (Lipinski definition) is 2. The summed E-state index contributed by atoms with van der Waals surface area (Å²) in [5.74, 6) is 0.792. The van der Waals surface area contributed by atoms with E-state index in [0.29, 0.717) is 17.4 Å². The van der Waals surface area contributed by atoms with Crippen molar-refractivity contribution in [3.8, 4) is 0 Å². The predicted octanol–water partition coefficient (Wildman–Crippen LogP) is 5.85. The van der Waals surface area contributed by atoms with Crippen LogP contribution in [0.15, 0.2) is 75.9 Å². The van der Waals surface area contributed by atoms with E-state index < -0.39 is 0 Å². The van der Waals surface area contributed by atoms with Crippen LogP contribution in [0.2, 0.25) is 0 Å². The summed E-state index contributed by atoms with van der Waals surface area (Å²) in [6.45, 7) is 10.2. The third-order valence-corrected chi connectivity index (χ3v) is 6.69. The summed E-state index contributed by atoms with van der Waals surface area (Å²) in [4.78, 5) is 20.4. The van der Waals surface area contributed by atoms with Crippen LogP contribution in [0.25, 0.3) is 21.7 Å². The van der Waals surface area contributed by atoms with Crippen molar-refractivity contribution in [1.29, 1.82) is 0 Å². The maximum absolute atomic E-state index is 12.8. The average molecular weight is 455 g/mol. The molecule has 2 atom stereocenters. The van der Waals surface area contributed by atoms with Gasteiger partial charge in [-0.25, -0.2) is 4.98 Å². The molecule has 1 aliphatic heterocycles. The Kier molecular flexibility index (Phi) is 5.55. The van der Waals surface area contributed by atoms with E-state index in [9.17, 15) is 4.79 Å². The summed E-state index contributed by atoms with van der Waals surface area (Å²) in [5, 5.41) is 16.9. The maximum Gasteiger partial charge on any atom is 0.258 e. The molecule has 34 heavy (non-hydrogen) atoms. The van der Waals surface area contributed by atoms with E-state index in [1.807, 2.05) is 29.3 Å². The number of nitrogens with one attached hydrogen (secondary N) is 2. The molecular formula is C27H30N6O. The molecule has 0 aliphatic carbocycles. The fourth-order valence-electron chi connectivity index (χ4n) is 4.19. The van der Waals surface area contributed by atoms with Gasteiger partial charge in [0.2, 0.25) is 0 Å². The SMILES string of the molecule is CC(Nc1nc2cc[nH]c(=O)c2c2cc(C3CN(Cc4ccccc4)N=N3)ccc12)C(C)(C)C. The molecule has 7 heteroatoms. The van der Waals surface area contributed by atoms with E-state index in [0.717, 1.165) is 28.7 Å². The molecule has 0 amide bonds. The molecule has 0 fully saturated rings. The zero-order valence-electron chi connectivity index (χ0n) is 20.0. The summed E-state index contributed by atoms with van der Waals surface area (Å²) in [6.07, 6.45) is 1.65. The number of aromatic nitrogens is 2. The Hall–Kier alpha value is -3.74. The van der Waals surface area contributed by atoms with Gasteiger partial charge in [0.25, 0.3) is 5.56 Å². The van der Waals surface area contributed by atoms with E-state index in [2.05, 4.69) is 78.7 Å². The number of rotatable bonds is 5. The third kappa shape index (κ3) is 4.25. The number of hydrogen-bond acceptors (Lipinski definition) is 6. The smallest absolute Gasteiger partial charge is 0.258 e. The van der Waals surface area contributed by atoms with Gasteiger partial charge >= 0.3 is 0 Å². The molecule has 2 aromatic carbocycles. The number of fused-ring (bicyclic) bond motifs is 3. The summed E-state index contributed by atoms with van der Waals surface area (Å²) in [7, 11) is 0. The minimum Gasteiger partial charge on any atom is -0.367 e. The van der Waals surface area contributed by atoms with Crippen molar-refractivity contribution in [3.05, 3.63) is 82.3 Å². The Balaban J connectivity index is 1.53. The molecule has 2 aromatic heterocycles. The Bertz CT molecular complexity index is 1420. The molecule has 0 radical (unpaired) electrons. The second-order valence-corrected chi connectivity index (χ2v) is 10.1. The highest BCUT2D eigenvalue weighted by Gasteiger charge is 2.24. The summed E-state index contributed by atoms with van der Waals surface area (Å²) < 4.78 is 0. The number of anilines is 1. The van der Waals surface area contributed by atoms with Crippen molar-refractivity contribution in [2.75, 3.05) is 11.9 Å². The van der Waals surface area contributed by atoms with Gasteiger partial charge in [-0.05, 0) is 35.6 Å². The lowest BCUT2D eigenvalue weighted by Gasteiger charge is -2.29. The second kappa shape index (κ2) is 8.56. The summed E-state index contributed by atoms with van der Waals surface area (Å²) in [6, 6.07) is 18.4. The van der Waals surface area contributed by atoms with Crippen LogP contribution in [0.1, 0.15) is 44.9 Å². The standard InChI is InChI=1S/C27H30N6O/c1-17(27(2,3)4)29-25-20-11-10-19(14-21(20)24-22(30-25)12-13-28-26(24)34)23-16-33(32-31-23)15-18-8-6-5-7-9-18/h5-14,17,23H,15-16H2,1-4H3,(H,28,34)(H,29,30). The molecule has 7 nitrogen and oxygen atoms in total. The monoisotopic (exact) mass is 454 g/mol. The summed E-state index contributed by atoms with van der Waals surface area (Å²) >= 11 is 0. The van der Waals surface area contributed by atoms with E-state index >= 15 is 0 Å². The maximum atomic E-state index is 12.8. The van der Waals surface area contributed by atoms with Gasteiger partial charge in [0.05, 0.1) is 24.0 Å². The van der Waals surface area contributed by atoms with Crippen LogP contribution in [0, 0.1) is 5.41 Å². The topological polar surface area (TPSA) is 85.7 Å². The summed E-state index contributed by atoms with van der Waals surface area (Å²) in [5.41, 5.74) is 2.84. The minimum absolute atomic E-state index is 0.0590. The van der Waals surface area contributed by atoms with Gasteiger partial charge in [-0.3, -0.25) is 9.80 Å². The fraction of sp³-hybridized carbons (Fsp3) is 0.333. The number of nitrogens with zero attached hydrogens (tertiary/aromatic N) is 4. The van der Waals surface area contributed by atoms with Gasteiger partial charge < -0.3 is 10.3 Å². The van der Waals surface area contributed by atoms with Crippen LogP contribution in [-0.2, 0) is 6.54 Å². The molecule has 0 saturated heterocycles. The van der Waals surface area contributed by atoms with Crippen molar-refractivity contribution in [1.82, 2.24) is 15.0 Å². The van der Waals surface area contributed by atoms with Crippen LogP contribution in [0.4, 0.5) is 5.82 Å². The van der Waals surface area contributed by atoms with Crippen molar-refractivity contribution in [2.45, 2.75) is 46.3 Å². The van der Waals surface area contributed by atoms with Gasteiger partial charge in [-0.1, -0.05) is 68.5 Å². The van der Waals surface area contributed by atoms with Gasteiger partial charge in [-0.2, -0.15) is 5.11 Å². The first-order valence-electron chi connectivity index (χ1n) is 11.7. The van der Waals surface area contributed by atoms with Crippen LogP contribution in [-0.4, -0.2) is 27.6 Å². The van der Waals surface area contributed by atoms with Crippen LogP contribution in [0.3, 0.4) is 0 Å². The van der Waals surface area contributed by atoms with Crippen LogP contribution in [0.5, 0.6) is 0 Å². The van der Waals surface area contributed by atoms with Gasteiger partial charge in [-0.15, -0.1) is 0 Å². The molecule has 2 unspecified atom stereocenters. The molecule has 3 heterocycles. The van der Waals surface area contributed by atoms with Gasteiger partial charge in [0.15, 0.2) is 0 Å². The highest BCUT2D eigenvalue weighted by Crippen LogP contribution is 2.34. The number of aromatic amines is 1. The molecule has 1 aliphatic rings. The minimum atomic E-state index is -0.138. The quantitative estimate of drug-likeness (QED) is 0.371. The molecule has 2 N–H and O–H groups in total. The van der Waals surface area contributed by atoms with E-state index in [1.165, 1.54) is 5.56 Å². The first kappa shape index (κ1) is 22.1. The highest BCUT2D eigenvalue weighted by atomic mass is 16.1.